The molecule has 1 aromatic heterocycles. The predicted molar refractivity (Wildman–Crippen MR) is 134 cm³/mol. The summed E-state index contributed by atoms with van der Waals surface area (Å²) in [6, 6.07) is 15.4. The smallest absolute Gasteiger partial charge is 0.269 e. The Morgan fingerprint density at radius 3 is 2.53 bits per heavy atom. The molecule has 2 aliphatic rings. The van der Waals surface area contributed by atoms with Crippen molar-refractivity contribution < 1.29 is 14.7 Å². The molecule has 3 aromatic rings. The van der Waals surface area contributed by atoms with Gasteiger partial charge in [-0.3, -0.25) is 9.59 Å². The Morgan fingerprint density at radius 1 is 1.12 bits per heavy atom. The van der Waals surface area contributed by atoms with Gasteiger partial charge in [-0.05, 0) is 60.2 Å². The van der Waals surface area contributed by atoms with Gasteiger partial charge in [0.25, 0.3) is 5.91 Å². The minimum atomic E-state index is -0.697. The van der Waals surface area contributed by atoms with Gasteiger partial charge in [-0.15, -0.1) is 0 Å². The molecule has 176 valence electrons. The van der Waals surface area contributed by atoms with Gasteiger partial charge >= 0.3 is 0 Å². The molecule has 1 fully saturated rings. The zero-order chi connectivity index (χ0) is 24.0. The predicted octanol–water partition coefficient (Wildman–Crippen LogP) is 4.23. The number of aliphatic hydroxyl groups excluding tert-OH is 1. The zero-order valence-corrected chi connectivity index (χ0v) is 20.1. The van der Waals surface area contributed by atoms with Crippen molar-refractivity contribution >= 4 is 39.9 Å². The van der Waals surface area contributed by atoms with Crippen molar-refractivity contribution in [3.63, 3.8) is 0 Å². The summed E-state index contributed by atoms with van der Waals surface area (Å²) in [6.07, 6.45) is 3.35. The Balaban J connectivity index is 1.39. The highest BCUT2D eigenvalue weighted by atomic mass is 35.5. The van der Waals surface area contributed by atoms with Gasteiger partial charge in [0.1, 0.15) is 5.69 Å². The number of hydrogen-bond donors (Lipinski definition) is 2. The number of rotatable bonds is 4. The lowest BCUT2D eigenvalue weighted by atomic mass is 9.61. The van der Waals surface area contributed by atoms with E-state index in [2.05, 4.69) is 11.1 Å². The van der Waals surface area contributed by atoms with Crippen LogP contribution in [0.2, 0.25) is 5.02 Å². The average molecular weight is 478 g/mol. The van der Waals surface area contributed by atoms with Crippen LogP contribution in [0.5, 0.6) is 0 Å². The van der Waals surface area contributed by atoms with Crippen molar-refractivity contribution in [2.24, 2.45) is 0 Å². The summed E-state index contributed by atoms with van der Waals surface area (Å²) in [7, 11) is 3.46. The van der Waals surface area contributed by atoms with E-state index >= 15 is 0 Å². The van der Waals surface area contributed by atoms with Crippen molar-refractivity contribution in [2.45, 2.75) is 30.8 Å². The highest BCUT2D eigenvalue weighted by molar-refractivity contribution is 6.30. The number of nitrogens with zero attached hydrogens (tertiary/aromatic N) is 2. The second-order valence-corrected chi connectivity index (χ2v) is 10.0. The van der Waals surface area contributed by atoms with Gasteiger partial charge in [0, 0.05) is 43.1 Å². The van der Waals surface area contributed by atoms with Crippen LogP contribution in [-0.2, 0) is 10.2 Å². The molecule has 2 N–H and O–H groups in total. The Hall–Kier alpha value is -3.09. The molecule has 6 nitrogen and oxygen atoms in total. The fraction of sp³-hybridized carbons (Fsp3) is 0.333. The number of aromatic amines is 1. The number of carbonyl (C=O) groups excluding carboxylic acids is 2. The van der Waals surface area contributed by atoms with Crippen LogP contribution in [0.25, 0.3) is 16.5 Å². The van der Waals surface area contributed by atoms with Gasteiger partial charge in [-0.1, -0.05) is 41.9 Å². The van der Waals surface area contributed by atoms with E-state index in [9.17, 15) is 14.7 Å². The second-order valence-electron chi connectivity index (χ2n) is 9.58. The highest BCUT2D eigenvalue weighted by Crippen LogP contribution is 2.46. The van der Waals surface area contributed by atoms with Crippen molar-refractivity contribution in [2.75, 3.05) is 27.2 Å². The van der Waals surface area contributed by atoms with Crippen LogP contribution >= 0.6 is 11.6 Å². The first-order valence-electron chi connectivity index (χ1n) is 11.5. The first-order valence-corrected chi connectivity index (χ1v) is 11.9. The molecule has 1 aliphatic heterocycles. The molecule has 0 spiro atoms. The fourth-order valence-electron chi connectivity index (χ4n) is 5.16. The van der Waals surface area contributed by atoms with Gasteiger partial charge in [0.2, 0.25) is 5.91 Å². The van der Waals surface area contributed by atoms with Crippen molar-refractivity contribution in [1.29, 1.82) is 0 Å². The maximum absolute atomic E-state index is 13.8. The van der Waals surface area contributed by atoms with Crippen LogP contribution in [0.4, 0.5) is 0 Å². The normalized spacial score (nSPS) is 22.3. The van der Waals surface area contributed by atoms with Crippen LogP contribution in [-0.4, -0.2) is 65.0 Å². The summed E-state index contributed by atoms with van der Waals surface area (Å²) in [5, 5.41) is 11.7. The molecule has 0 radical (unpaired) electrons. The third kappa shape index (κ3) is 3.91. The van der Waals surface area contributed by atoms with Crippen molar-refractivity contribution in [1.82, 2.24) is 14.8 Å². The molecule has 2 amide bonds. The number of nitrogens with one attached hydrogen (secondary N) is 1. The van der Waals surface area contributed by atoms with Crippen LogP contribution in [0.15, 0.2) is 54.6 Å². The molecule has 0 atom stereocenters. The summed E-state index contributed by atoms with van der Waals surface area (Å²) in [5.74, 6) is -0.00729. The molecule has 0 saturated heterocycles. The SMILES string of the molecule is CN(C)C(=O)c1cc2ccc(C3=CCCN(C(=O)C4(c5ccc(Cl)cc5)CC(O)C4)C3)cc2[nH]1. The topological polar surface area (TPSA) is 76.6 Å². The molecule has 2 aromatic carbocycles. The number of fused-ring (bicyclic) bond motifs is 1. The highest BCUT2D eigenvalue weighted by Gasteiger charge is 2.52. The van der Waals surface area contributed by atoms with E-state index in [4.69, 9.17) is 11.6 Å². The molecule has 2 heterocycles. The van der Waals surface area contributed by atoms with E-state index in [1.807, 2.05) is 41.3 Å². The Bertz CT molecular complexity index is 1290. The quantitative estimate of drug-likeness (QED) is 0.590. The van der Waals surface area contributed by atoms with E-state index in [-0.39, 0.29) is 11.8 Å². The third-order valence-electron chi connectivity index (χ3n) is 7.04. The number of aliphatic hydroxyl groups is 1. The second kappa shape index (κ2) is 8.60. The average Bonchev–Trinajstić information content (AvgIpc) is 3.25. The van der Waals surface area contributed by atoms with Crippen molar-refractivity contribution in [3.05, 3.63) is 76.5 Å². The summed E-state index contributed by atoms with van der Waals surface area (Å²) in [6.45, 7) is 1.17. The van der Waals surface area contributed by atoms with E-state index in [0.717, 1.165) is 34.0 Å². The Morgan fingerprint density at radius 2 is 1.85 bits per heavy atom. The van der Waals surface area contributed by atoms with Gasteiger partial charge in [-0.25, -0.2) is 0 Å². The fourth-order valence-corrected chi connectivity index (χ4v) is 5.29. The number of halogens is 1. The Labute approximate surface area is 203 Å². The van der Waals surface area contributed by atoms with E-state index in [1.165, 1.54) is 0 Å². The summed E-state index contributed by atoms with van der Waals surface area (Å²) < 4.78 is 0. The van der Waals surface area contributed by atoms with E-state index < -0.39 is 11.5 Å². The van der Waals surface area contributed by atoms with Gasteiger partial charge < -0.3 is 19.9 Å². The summed E-state index contributed by atoms with van der Waals surface area (Å²) in [5.41, 5.74) is 3.78. The minimum absolute atomic E-state index is 0.0607. The lowest BCUT2D eigenvalue weighted by Crippen LogP contribution is -2.57. The number of amides is 2. The maximum atomic E-state index is 13.8. The van der Waals surface area contributed by atoms with Crippen LogP contribution in [0, 0.1) is 0 Å². The first kappa shape index (κ1) is 22.7. The molecular weight excluding hydrogens is 450 g/mol. The lowest BCUT2D eigenvalue weighted by Gasteiger charge is -2.47. The first-order chi connectivity index (χ1) is 16.3. The van der Waals surface area contributed by atoms with Crippen LogP contribution in [0.3, 0.4) is 0 Å². The molecule has 0 unspecified atom stereocenters. The summed E-state index contributed by atoms with van der Waals surface area (Å²) >= 11 is 6.07. The van der Waals surface area contributed by atoms with Crippen LogP contribution in [0.1, 0.15) is 40.9 Å². The van der Waals surface area contributed by atoms with Gasteiger partial charge in [0.15, 0.2) is 0 Å². The van der Waals surface area contributed by atoms with E-state index in [0.29, 0.717) is 36.6 Å². The maximum Gasteiger partial charge on any atom is 0.269 e. The molecular formula is C27H28ClN3O3. The lowest BCUT2D eigenvalue weighted by molar-refractivity contribution is -0.145. The Kier molecular flexibility index (Phi) is 5.74. The van der Waals surface area contributed by atoms with Gasteiger partial charge in [0.05, 0.1) is 11.5 Å². The molecule has 5 rings (SSSR count). The number of carbonyl (C=O) groups is 2. The van der Waals surface area contributed by atoms with E-state index in [1.54, 1.807) is 31.1 Å². The van der Waals surface area contributed by atoms with Crippen molar-refractivity contribution in [3.8, 4) is 0 Å². The van der Waals surface area contributed by atoms with Crippen LogP contribution < -0.4 is 0 Å². The van der Waals surface area contributed by atoms with Gasteiger partial charge in [-0.2, -0.15) is 0 Å². The molecule has 1 aliphatic carbocycles. The largest absolute Gasteiger partial charge is 0.393 e. The molecule has 7 heteroatoms. The monoisotopic (exact) mass is 477 g/mol. The molecule has 34 heavy (non-hydrogen) atoms. The molecule has 1 saturated carbocycles. The summed E-state index contributed by atoms with van der Waals surface area (Å²) in [4.78, 5) is 32.8. The standard InChI is InChI=1S/C27H28ClN3O3/c1-30(2)25(33)24-13-18-6-5-17(12-23(18)29-24)19-4-3-11-31(16-19)26(34)27(14-22(32)15-27)20-7-9-21(28)10-8-20/h4-10,12-13,22,29,32H,3,11,14-16H2,1-2H3. The molecule has 0 bridgehead atoms. The minimum Gasteiger partial charge on any atom is -0.393 e. The number of hydrogen-bond acceptors (Lipinski definition) is 3. The zero-order valence-electron chi connectivity index (χ0n) is 19.3. The third-order valence-corrected chi connectivity index (χ3v) is 7.29. The number of benzene rings is 2. The number of aromatic nitrogens is 1. The number of H-pyrrole nitrogens is 1.